The first-order valence-corrected chi connectivity index (χ1v) is 7.18. The summed E-state index contributed by atoms with van der Waals surface area (Å²) in [4.78, 5) is 0. The summed E-state index contributed by atoms with van der Waals surface area (Å²) in [6.45, 7) is 4.81. The molecule has 1 unspecified atom stereocenters. The average molecular weight is 344 g/mol. The molecule has 2 aromatic rings. The van der Waals surface area contributed by atoms with Crippen molar-refractivity contribution in [3.05, 3.63) is 50.7 Å². The van der Waals surface area contributed by atoms with Crippen molar-refractivity contribution in [1.29, 1.82) is 0 Å². The molecule has 1 aromatic heterocycles. The van der Waals surface area contributed by atoms with Crippen LogP contribution in [0.4, 0.5) is 0 Å². The Bertz CT molecular complexity index is 562. The maximum absolute atomic E-state index is 6.24. The highest BCUT2D eigenvalue weighted by molar-refractivity contribution is 9.10. The molecular formula is C13H16BrClN4. The van der Waals surface area contributed by atoms with E-state index in [-0.39, 0.29) is 6.04 Å². The highest BCUT2D eigenvalue weighted by Crippen LogP contribution is 2.30. The third kappa shape index (κ3) is 3.00. The van der Waals surface area contributed by atoms with Crippen LogP contribution < -0.4 is 11.3 Å². The van der Waals surface area contributed by atoms with E-state index in [1.165, 1.54) is 0 Å². The molecule has 0 saturated heterocycles. The minimum atomic E-state index is -0.189. The van der Waals surface area contributed by atoms with Gasteiger partial charge in [0, 0.05) is 11.0 Å². The molecule has 0 aliphatic heterocycles. The van der Waals surface area contributed by atoms with Crippen molar-refractivity contribution in [3.63, 3.8) is 0 Å². The summed E-state index contributed by atoms with van der Waals surface area (Å²) in [5.74, 6) is 5.72. The topological polar surface area (TPSA) is 55.9 Å². The van der Waals surface area contributed by atoms with E-state index in [1.807, 2.05) is 24.6 Å². The maximum Gasteiger partial charge on any atom is 0.0893 e. The van der Waals surface area contributed by atoms with Crippen molar-refractivity contribution in [2.45, 2.75) is 26.4 Å². The first-order valence-electron chi connectivity index (χ1n) is 6.01. The van der Waals surface area contributed by atoms with Gasteiger partial charge in [0.15, 0.2) is 0 Å². The van der Waals surface area contributed by atoms with Gasteiger partial charge in [-0.2, -0.15) is 5.10 Å². The smallest absolute Gasteiger partial charge is 0.0893 e. The Morgan fingerprint density at radius 2 is 2.21 bits per heavy atom. The van der Waals surface area contributed by atoms with Crippen LogP contribution in [0.25, 0.3) is 0 Å². The molecule has 102 valence electrons. The number of nitrogens with one attached hydrogen (secondary N) is 1. The quantitative estimate of drug-likeness (QED) is 0.662. The molecule has 0 aliphatic rings. The Hall–Kier alpha value is -0.880. The molecular weight excluding hydrogens is 328 g/mol. The maximum atomic E-state index is 6.24. The number of aromatic nitrogens is 2. The van der Waals surface area contributed by atoms with Gasteiger partial charge in [-0.25, -0.2) is 5.43 Å². The van der Waals surface area contributed by atoms with Gasteiger partial charge in [-0.15, -0.1) is 0 Å². The second-order valence-electron chi connectivity index (χ2n) is 4.36. The predicted octanol–water partition coefficient (Wildman–Crippen LogP) is 3.18. The average Bonchev–Trinajstić information content (AvgIpc) is 2.71. The molecule has 3 N–H and O–H groups in total. The molecule has 1 atom stereocenters. The number of hydrogen-bond donors (Lipinski definition) is 2. The van der Waals surface area contributed by atoms with Crippen LogP contribution in [0.1, 0.15) is 29.8 Å². The van der Waals surface area contributed by atoms with E-state index < -0.39 is 0 Å². The zero-order valence-electron chi connectivity index (χ0n) is 10.8. The van der Waals surface area contributed by atoms with Gasteiger partial charge in [0.1, 0.15) is 0 Å². The number of hydrogen-bond acceptors (Lipinski definition) is 3. The standard InChI is InChI=1S/C13H16BrClN4/c1-3-19-13(11(15)7-17-19)12(18-16)9-4-8(2)5-10(14)6-9/h4-7,12,18H,3,16H2,1-2H3. The molecule has 0 spiro atoms. The molecule has 0 radical (unpaired) electrons. The Labute approximate surface area is 126 Å². The summed E-state index contributed by atoms with van der Waals surface area (Å²) < 4.78 is 2.87. The first-order chi connectivity index (χ1) is 9.06. The van der Waals surface area contributed by atoms with Gasteiger partial charge in [0.05, 0.1) is 23.0 Å². The van der Waals surface area contributed by atoms with Crippen molar-refractivity contribution in [2.24, 2.45) is 5.84 Å². The van der Waals surface area contributed by atoms with Crippen molar-refractivity contribution >= 4 is 27.5 Å². The lowest BCUT2D eigenvalue weighted by Crippen LogP contribution is -2.31. The molecule has 4 nitrogen and oxygen atoms in total. The fourth-order valence-corrected chi connectivity index (χ4v) is 3.05. The molecule has 1 heterocycles. The number of nitrogens with zero attached hydrogens (tertiary/aromatic N) is 2. The van der Waals surface area contributed by atoms with Gasteiger partial charge >= 0.3 is 0 Å². The molecule has 0 saturated carbocycles. The van der Waals surface area contributed by atoms with Crippen molar-refractivity contribution in [3.8, 4) is 0 Å². The normalized spacial score (nSPS) is 12.7. The number of benzene rings is 1. The van der Waals surface area contributed by atoms with Crippen LogP contribution >= 0.6 is 27.5 Å². The third-order valence-electron chi connectivity index (χ3n) is 2.97. The summed E-state index contributed by atoms with van der Waals surface area (Å²) in [5.41, 5.74) is 5.91. The van der Waals surface area contributed by atoms with Crippen LogP contribution in [0.5, 0.6) is 0 Å². The monoisotopic (exact) mass is 342 g/mol. The molecule has 0 aliphatic carbocycles. The van der Waals surface area contributed by atoms with Crippen LogP contribution in [0.3, 0.4) is 0 Å². The number of hydrazine groups is 1. The summed E-state index contributed by atoms with van der Waals surface area (Å²) >= 11 is 9.74. The van der Waals surface area contributed by atoms with E-state index >= 15 is 0 Å². The van der Waals surface area contributed by atoms with Crippen LogP contribution in [0, 0.1) is 6.92 Å². The van der Waals surface area contributed by atoms with Crippen molar-refractivity contribution in [1.82, 2.24) is 15.2 Å². The van der Waals surface area contributed by atoms with E-state index in [2.05, 4.69) is 38.6 Å². The number of halogens is 2. The minimum Gasteiger partial charge on any atom is -0.271 e. The van der Waals surface area contributed by atoms with Gasteiger partial charge in [0.2, 0.25) is 0 Å². The largest absolute Gasteiger partial charge is 0.271 e. The molecule has 0 fully saturated rings. The van der Waals surface area contributed by atoms with Crippen LogP contribution in [-0.2, 0) is 6.54 Å². The van der Waals surface area contributed by atoms with Crippen LogP contribution in [0.15, 0.2) is 28.9 Å². The lowest BCUT2D eigenvalue weighted by Gasteiger charge is -2.19. The Balaban J connectivity index is 2.52. The van der Waals surface area contributed by atoms with Crippen LogP contribution in [-0.4, -0.2) is 9.78 Å². The van der Waals surface area contributed by atoms with Gasteiger partial charge in [-0.3, -0.25) is 10.5 Å². The predicted molar refractivity (Wildman–Crippen MR) is 81.0 cm³/mol. The second-order valence-corrected chi connectivity index (χ2v) is 5.68. The number of aryl methyl sites for hydroxylation is 2. The van der Waals surface area contributed by atoms with E-state index in [9.17, 15) is 0 Å². The lowest BCUT2D eigenvalue weighted by molar-refractivity contribution is 0.543. The highest BCUT2D eigenvalue weighted by atomic mass is 79.9. The molecule has 1 aromatic carbocycles. The van der Waals surface area contributed by atoms with Crippen LogP contribution in [0.2, 0.25) is 5.02 Å². The third-order valence-corrected chi connectivity index (χ3v) is 3.72. The zero-order valence-corrected chi connectivity index (χ0v) is 13.2. The SMILES string of the molecule is CCn1ncc(Cl)c1C(NN)c1cc(C)cc(Br)c1. The fourth-order valence-electron chi connectivity index (χ4n) is 2.18. The molecule has 2 rings (SSSR count). The zero-order chi connectivity index (χ0) is 14.0. The Morgan fingerprint density at radius 3 is 2.79 bits per heavy atom. The minimum absolute atomic E-state index is 0.189. The van der Waals surface area contributed by atoms with E-state index in [0.717, 1.165) is 27.8 Å². The molecule has 0 bridgehead atoms. The van der Waals surface area contributed by atoms with Gasteiger partial charge in [-0.05, 0) is 37.1 Å². The van der Waals surface area contributed by atoms with Gasteiger partial charge in [-0.1, -0.05) is 33.6 Å². The van der Waals surface area contributed by atoms with E-state index in [4.69, 9.17) is 17.4 Å². The summed E-state index contributed by atoms with van der Waals surface area (Å²) in [6, 6.07) is 5.97. The Kier molecular flexibility index (Phi) is 4.62. The van der Waals surface area contributed by atoms with Crippen molar-refractivity contribution in [2.75, 3.05) is 0 Å². The summed E-state index contributed by atoms with van der Waals surface area (Å²) in [5, 5.41) is 4.86. The number of nitrogens with two attached hydrogens (primary N) is 1. The van der Waals surface area contributed by atoms with Gasteiger partial charge in [0.25, 0.3) is 0 Å². The molecule has 6 heteroatoms. The van der Waals surface area contributed by atoms with E-state index in [0.29, 0.717) is 5.02 Å². The highest BCUT2D eigenvalue weighted by Gasteiger charge is 2.21. The lowest BCUT2D eigenvalue weighted by atomic mass is 10.0. The fraction of sp³-hybridized carbons (Fsp3) is 0.308. The molecule has 0 amide bonds. The summed E-state index contributed by atoms with van der Waals surface area (Å²) in [6.07, 6.45) is 1.65. The van der Waals surface area contributed by atoms with Crippen molar-refractivity contribution < 1.29 is 0 Å². The second kappa shape index (κ2) is 6.05. The molecule has 19 heavy (non-hydrogen) atoms. The van der Waals surface area contributed by atoms with Gasteiger partial charge < -0.3 is 0 Å². The first kappa shape index (κ1) is 14.5. The number of rotatable bonds is 4. The Morgan fingerprint density at radius 1 is 1.47 bits per heavy atom. The van der Waals surface area contributed by atoms with E-state index in [1.54, 1.807) is 6.20 Å². The summed E-state index contributed by atoms with van der Waals surface area (Å²) in [7, 11) is 0.